The second-order valence-electron chi connectivity index (χ2n) is 6.00. The van der Waals surface area contributed by atoms with Gasteiger partial charge in [0.15, 0.2) is 0 Å². The van der Waals surface area contributed by atoms with Gasteiger partial charge in [0.2, 0.25) is 0 Å². The fraction of sp³-hybridized carbons (Fsp3) is 0.368. The second kappa shape index (κ2) is 7.38. The lowest BCUT2D eigenvalue weighted by molar-refractivity contribution is -0.00683. The first kappa shape index (κ1) is 15.7. The second-order valence-corrected chi connectivity index (χ2v) is 6.00. The van der Waals surface area contributed by atoms with E-state index < -0.39 is 0 Å². The smallest absolute Gasteiger partial charge is 0.254 e. The van der Waals surface area contributed by atoms with Crippen LogP contribution in [0.25, 0.3) is 0 Å². The summed E-state index contributed by atoms with van der Waals surface area (Å²) < 4.78 is 5.98. The molecule has 1 amide bonds. The monoisotopic (exact) mass is 310 g/mol. The van der Waals surface area contributed by atoms with Crippen molar-refractivity contribution < 1.29 is 9.53 Å². The van der Waals surface area contributed by atoms with E-state index in [1.807, 2.05) is 54.4 Å². The first-order valence-corrected chi connectivity index (χ1v) is 8.09. The minimum atomic E-state index is 0.0944. The molecule has 0 spiro atoms. The predicted octanol–water partition coefficient (Wildman–Crippen LogP) is 3.21. The van der Waals surface area contributed by atoms with Crippen LogP contribution in [-0.4, -0.2) is 35.0 Å². The number of piperidine rings is 1. The van der Waals surface area contributed by atoms with Crippen molar-refractivity contribution in [1.82, 2.24) is 9.88 Å². The lowest BCUT2D eigenvalue weighted by Crippen LogP contribution is -2.43. The van der Waals surface area contributed by atoms with Gasteiger partial charge in [-0.2, -0.15) is 0 Å². The van der Waals surface area contributed by atoms with Crippen molar-refractivity contribution in [2.24, 2.45) is 0 Å². The van der Waals surface area contributed by atoms with Gasteiger partial charge in [-0.05, 0) is 43.0 Å². The Labute approximate surface area is 137 Å². The third-order valence-electron chi connectivity index (χ3n) is 4.25. The number of aromatic nitrogens is 1. The minimum Gasteiger partial charge on any atom is -0.372 e. The van der Waals surface area contributed by atoms with Crippen LogP contribution in [-0.2, 0) is 11.3 Å². The fourth-order valence-electron chi connectivity index (χ4n) is 2.94. The highest BCUT2D eigenvalue weighted by molar-refractivity contribution is 5.95. The third kappa shape index (κ3) is 3.96. The molecule has 1 aromatic carbocycles. The van der Waals surface area contributed by atoms with Crippen LogP contribution in [0.3, 0.4) is 0 Å². The van der Waals surface area contributed by atoms with Crippen LogP contribution in [0.1, 0.15) is 34.3 Å². The summed E-state index contributed by atoms with van der Waals surface area (Å²) >= 11 is 0. The maximum atomic E-state index is 12.7. The van der Waals surface area contributed by atoms with Gasteiger partial charge in [-0.1, -0.05) is 24.3 Å². The number of carbonyl (C=O) groups is 1. The van der Waals surface area contributed by atoms with Crippen molar-refractivity contribution in [2.75, 3.05) is 13.1 Å². The summed E-state index contributed by atoms with van der Waals surface area (Å²) in [7, 11) is 0. The number of aryl methyl sites for hydroxylation is 1. The number of hydrogen-bond donors (Lipinski definition) is 0. The first-order valence-electron chi connectivity index (χ1n) is 8.09. The minimum absolute atomic E-state index is 0.0944. The van der Waals surface area contributed by atoms with Gasteiger partial charge in [-0.15, -0.1) is 0 Å². The van der Waals surface area contributed by atoms with Crippen LogP contribution >= 0.6 is 0 Å². The number of nitrogens with zero attached hydrogens (tertiary/aromatic N) is 2. The van der Waals surface area contributed by atoms with E-state index >= 15 is 0 Å². The van der Waals surface area contributed by atoms with Crippen LogP contribution in [0.15, 0.2) is 48.8 Å². The molecular weight excluding hydrogens is 288 g/mol. The Morgan fingerprint density at radius 2 is 2.17 bits per heavy atom. The standard InChI is InChI=1S/C19H22N2O2/c1-15-6-2-3-9-18(15)19(22)21-11-5-8-17(13-21)23-14-16-7-4-10-20-12-16/h2-4,6-7,9-10,12,17H,5,8,11,13-14H2,1H3. The Morgan fingerprint density at radius 3 is 2.96 bits per heavy atom. The molecule has 2 aromatic rings. The lowest BCUT2D eigenvalue weighted by Gasteiger charge is -2.33. The predicted molar refractivity (Wildman–Crippen MR) is 89.1 cm³/mol. The number of carbonyl (C=O) groups excluding carboxylic acids is 1. The van der Waals surface area contributed by atoms with E-state index in [1.165, 1.54) is 0 Å². The van der Waals surface area contributed by atoms with Gasteiger partial charge in [-0.25, -0.2) is 0 Å². The van der Waals surface area contributed by atoms with Gasteiger partial charge < -0.3 is 9.64 Å². The quantitative estimate of drug-likeness (QED) is 0.871. The van der Waals surface area contributed by atoms with Crippen molar-refractivity contribution in [3.63, 3.8) is 0 Å². The van der Waals surface area contributed by atoms with Crippen molar-refractivity contribution in [3.8, 4) is 0 Å². The summed E-state index contributed by atoms with van der Waals surface area (Å²) in [6.07, 6.45) is 5.65. The molecule has 1 atom stereocenters. The molecule has 0 bridgehead atoms. The van der Waals surface area contributed by atoms with Crippen LogP contribution < -0.4 is 0 Å². The van der Waals surface area contributed by atoms with E-state index in [9.17, 15) is 4.79 Å². The van der Waals surface area contributed by atoms with Crippen LogP contribution in [0.4, 0.5) is 0 Å². The molecule has 3 rings (SSSR count). The molecule has 1 aromatic heterocycles. The number of pyridine rings is 1. The summed E-state index contributed by atoms with van der Waals surface area (Å²) in [5, 5.41) is 0. The molecule has 2 heterocycles. The van der Waals surface area contributed by atoms with Crippen molar-refractivity contribution in [2.45, 2.75) is 32.5 Å². The molecule has 1 aliphatic rings. The molecule has 0 aliphatic carbocycles. The topological polar surface area (TPSA) is 42.4 Å². The zero-order valence-corrected chi connectivity index (χ0v) is 13.4. The average molecular weight is 310 g/mol. The molecule has 1 aliphatic heterocycles. The molecule has 0 radical (unpaired) electrons. The van der Waals surface area contributed by atoms with E-state index in [2.05, 4.69) is 4.98 Å². The van der Waals surface area contributed by atoms with Gasteiger partial charge in [0.25, 0.3) is 5.91 Å². The van der Waals surface area contributed by atoms with E-state index in [1.54, 1.807) is 6.20 Å². The van der Waals surface area contributed by atoms with Gasteiger partial charge in [-0.3, -0.25) is 9.78 Å². The molecule has 4 heteroatoms. The zero-order valence-electron chi connectivity index (χ0n) is 13.4. The maximum Gasteiger partial charge on any atom is 0.254 e. The average Bonchev–Trinajstić information content (AvgIpc) is 2.61. The lowest BCUT2D eigenvalue weighted by atomic mass is 10.0. The summed E-state index contributed by atoms with van der Waals surface area (Å²) in [5.41, 5.74) is 2.88. The number of rotatable bonds is 4. The number of amides is 1. The zero-order chi connectivity index (χ0) is 16.1. The number of ether oxygens (including phenoxy) is 1. The van der Waals surface area contributed by atoms with E-state index in [-0.39, 0.29) is 12.0 Å². The molecule has 1 unspecified atom stereocenters. The van der Waals surface area contributed by atoms with Gasteiger partial charge >= 0.3 is 0 Å². The summed E-state index contributed by atoms with van der Waals surface area (Å²) in [4.78, 5) is 18.7. The highest BCUT2D eigenvalue weighted by Crippen LogP contribution is 2.18. The Hall–Kier alpha value is -2.20. The van der Waals surface area contributed by atoms with E-state index in [0.717, 1.165) is 36.1 Å². The molecule has 4 nitrogen and oxygen atoms in total. The summed E-state index contributed by atoms with van der Waals surface area (Å²) in [6.45, 7) is 3.99. The SMILES string of the molecule is Cc1ccccc1C(=O)N1CCCC(OCc2cccnc2)C1. The van der Waals surface area contributed by atoms with Crippen molar-refractivity contribution in [1.29, 1.82) is 0 Å². The highest BCUT2D eigenvalue weighted by Gasteiger charge is 2.25. The Morgan fingerprint density at radius 1 is 1.30 bits per heavy atom. The molecule has 0 N–H and O–H groups in total. The van der Waals surface area contributed by atoms with Crippen LogP contribution in [0, 0.1) is 6.92 Å². The summed E-state index contributed by atoms with van der Waals surface area (Å²) in [6, 6.07) is 11.7. The first-order chi connectivity index (χ1) is 11.2. The Balaban J connectivity index is 1.60. The van der Waals surface area contributed by atoms with Crippen LogP contribution in [0.5, 0.6) is 0 Å². The Kier molecular flexibility index (Phi) is 5.03. The molecule has 1 saturated heterocycles. The van der Waals surface area contributed by atoms with Gasteiger partial charge in [0, 0.05) is 31.0 Å². The molecule has 0 saturated carbocycles. The van der Waals surface area contributed by atoms with Crippen molar-refractivity contribution >= 4 is 5.91 Å². The Bertz CT molecular complexity index is 657. The number of likely N-dealkylation sites (tertiary alicyclic amines) is 1. The van der Waals surface area contributed by atoms with E-state index in [0.29, 0.717) is 13.2 Å². The van der Waals surface area contributed by atoms with Gasteiger partial charge in [0.05, 0.1) is 12.7 Å². The van der Waals surface area contributed by atoms with Crippen LogP contribution in [0.2, 0.25) is 0 Å². The summed E-state index contributed by atoms with van der Waals surface area (Å²) in [5.74, 6) is 0.109. The highest BCUT2D eigenvalue weighted by atomic mass is 16.5. The molecule has 1 fully saturated rings. The number of hydrogen-bond acceptors (Lipinski definition) is 3. The normalized spacial score (nSPS) is 18.0. The molecule has 120 valence electrons. The third-order valence-corrected chi connectivity index (χ3v) is 4.25. The fourth-order valence-corrected chi connectivity index (χ4v) is 2.94. The largest absolute Gasteiger partial charge is 0.372 e. The molecule has 23 heavy (non-hydrogen) atoms. The van der Waals surface area contributed by atoms with E-state index in [4.69, 9.17) is 4.74 Å². The number of benzene rings is 1. The van der Waals surface area contributed by atoms with Gasteiger partial charge in [0.1, 0.15) is 0 Å². The van der Waals surface area contributed by atoms with Crippen molar-refractivity contribution in [3.05, 3.63) is 65.5 Å². The maximum absolute atomic E-state index is 12.7. The molecular formula is C19H22N2O2.